The second kappa shape index (κ2) is 11.0. The van der Waals surface area contributed by atoms with Crippen molar-refractivity contribution >= 4 is 40.8 Å². The molecule has 3 heterocycles. The number of piperazine rings is 2. The quantitative estimate of drug-likeness (QED) is 0.425. The lowest BCUT2D eigenvalue weighted by Crippen LogP contribution is -2.69. The van der Waals surface area contributed by atoms with Gasteiger partial charge in [-0.05, 0) is 23.3 Å². The fraction of sp³-hybridized carbons (Fsp3) is 0.500. The first-order valence-electron chi connectivity index (χ1n) is 12.6. The molecule has 2 atom stereocenters. The Morgan fingerprint density at radius 2 is 1.36 bits per heavy atom. The van der Waals surface area contributed by atoms with Crippen molar-refractivity contribution < 1.29 is 0 Å². The third-order valence-electron chi connectivity index (χ3n) is 7.35. The zero-order valence-electron chi connectivity index (χ0n) is 20.4. The predicted octanol–water partition coefficient (Wildman–Crippen LogP) is 3.37. The minimum Gasteiger partial charge on any atom is -0.370 e. The molecule has 5 rings (SSSR count). The van der Waals surface area contributed by atoms with Crippen molar-refractivity contribution in [1.82, 2.24) is 24.9 Å². The molecule has 2 unspecified atom stereocenters. The van der Waals surface area contributed by atoms with Gasteiger partial charge in [-0.2, -0.15) is 0 Å². The van der Waals surface area contributed by atoms with Crippen LogP contribution in [0.15, 0.2) is 59.6 Å². The smallest absolute Gasteiger partial charge is 0.197 e. The normalized spacial score (nSPS) is 29.0. The van der Waals surface area contributed by atoms with Crippen molar-refractivity contribution in [3.8, 4) is 0 Å². The molecule has 2 aromatic rings. The summed E-state index contributed by atoms with van der Waals surface area (Å²) < 4.78 is 0. The van der Waals surface area contributed by atoms with Crippen molar-refractivity contribution in [1.29, 1.82) is 0 Å². The van der Waals surface area contributed by atoms with Crippen LogP contribution in [0.25, 0.3) is 0 Å². The fourth-order valence-corrected chi connectivity index (χ4v) is 6.60. The average Bonchev–Trinajstić information content (AvgIpc) is 2.85. The Kier molecular flexibility index (Phi) is 7.98. The highest BCUT2D eigenvalue weighted by atomic mass is 35.5. The number of rotatable bonds is 6. The van der Waals surface area contributed by atoms with E-state index >= 15 is 0 Å². The molecule has 0 bridgehead atoms. The number of guanidine groups is 1. The maximum absolute atomic E-state index is 7.21. The van der Waals surface area contributed by atoms with Gasteiger partial charge >= 0.3 is 0 Å². The van der Waals surface area contributed by atoms with Crippen LogP contribution >= 0.6 is 34.8 Å². The molecule has 3 N–H and O–H groups in total. The molecular weight excluding hydrogens is 517 g/mol. The minimum absolute atomic E-state index is 0.291. The zero-order valence-corrected chi connectivity index (χ0v) is 22.7. The van der Waals surface area contributed by atoms with Gasteiger partial charge in [0.15, 0.2) is 16.2 Å². The molecule has 3 aliphatic rings. The molecule has 0 amide bonds. The lowest BCUT2D eigenvalue weighted by molar-refractivity contribution is 0.0110. The monoisotopic (exact) mass is 549 g/mol. The van der Waals surface area contributed by atoms with Crippen LogP contribution in [-0.2, 0) is 13.1 Å². The Labute approximate surface area is 228 Å². The SMILES string of the molecule is NC1=NC(Cl)(N2CCN(Cc3ccccc3)CC2)CC(Cl)(N2CCN(Cc3cccc(Cl)c3)CC2)N1. The van der Waals surface area contributed by atoms with Crippen LogP contribution in [-0.4, -0.2) is 88.2 Å². The summed E-state index contributed by atoms with van der Waals surface area (Å²) >= 11 is 20.6. The van der Waals surface area contributed by atoms with Gasteiger partial charge in [0.05, 0.1) is 6.42 Å². The maximum atomic E-state index is 7.21. The summed E-state index contributed by atoms with van der Waals surface area (Å²) in [5.74, 6) is 0.291. The van der Waals surface area contributed by atoms with Crippen molar-refractivity contribution in [2.75, 3.05) is 52.4 Å². The first kappa shape index (κ1) is 26.0. The number of nitrogens with two attached hydrogens (primary N) is 1. The molecule has 194 valence electrons. The summed E-state index contributed by atoms with van der Waals surface area (Å²) in [5, 5.41) is 2.16. The van der Waals surface area contributed by atoms with Crippen molar-refractivity contribution in [3.63, 3.8) is 0 Å². The van der Waals surface area contributed by atoms with E-state index in [-0.39, 0.29) is 0 Å². The molecule has 0 radical (unpaired) electrons. The summed E-state index contributed by atoms with van der Waals surface area (Å²) in [5.41, 5.74) is 8.80. The van der Waals surface area contributed by atoms with Crippen LogP contribution in [0.5, 0.6) is 0 Å². The Bertz CT molecular complexity index is 1050. The predicted molar refractivity (Wildman–Crippen MR) is 148 cm³/mol. The van der Waals surface area contributed by atoms with E-state index in [1.165, 1.54) is 11.1 Å². The van der Waals surface area contributed by atoms with Crippen molar-refractivity contribution in [3.05, 3.63) is 70.7 Å². The summed E-state index contributed by atoms with van der Waals surface area (Å²) in [7, 11) is 0. The van der Waals surface area contributed by atoms with Gasteiger partial charge in [-0.3, -0.25) is 19.6 Å². The van der Waals surface area contributed by atoms with Crippen LogP contribution < -0.4 is 11.1 Å². The minimum atomic E-state index is -0.964. The molecule has 0 aliphatic carbocycles. The summed E-state index contributed by atoms with van der Waals surface area (Å²) in [6.07, 6.45) is 0.441. The Morgan fingerprint density at radius 3 is 2.00 bits per heavy atom. The Balaban J connectivity index is 1.18. The summed E-state index contributed by atoms with van der Waals surface area (Å²) in [6, 6.07) is 18.6. The first-order chi connectivity index (χ1) is 17.3. The number of hydrogen-bond acceptors (Lipinski definition) is 7. The van der Waals surface area contributed by atoms with Crippen molar-refractivity contribution in [2.24, 2.45) is 10.7 Å². The van der Waals surface area contributed by atoms with Crippen LogP contribution in [0.4, 0.5) is 0 Å². The number of nitrogens with zero attached hydrogens (tertiary/aromatic N) is 5. The molecule has 2 saturated heterocycles. The van der Waals surface area contributed by atoms with E-state index in [1.807, 2.05) is 18.2 Å². The molecule has 36 heavy (non-hydrogen) atoms. The highest BCUT2D eigenvalue weighted by Crippen LogP contribution is 2.40. The highest BCUT2D eigenvalue weighted by molar-refractivity contribution is 6.30. The van der Waals surface area contributed by atoms with Gasteiger partial charge in [0, 0.05) is 70.5 Å². The van der Waals surface area contributed by atoms with Crippen LogP contribution in [0.2, 0.25) is 5.02 Å². The van der Waals surface area contributed by atoms with Crippen molar-refractivity contribution in [2.45, 2.75) is 29.8 Å². The molecule has 0 saturated carbocycles. The molecule has 2 fully saturated rings. The number of halogens is 3. The third kappa shape index (κ3) is 6.10. The number of nitrogens with one attached hydrogen (secondary N) is 1. The average molecular weight is 551 g/mol. The molecule has 7 nitrogen and oxygen atoms in total. The van der Waals surface area contributed by atoms with E-state index in [0.717, 1.165) is 70.5 Å². The molecule has 3 aliphatic heterocycles. The Hall–Kier alpha value is -1.58. The second-order valence-electron chi connectivity index (χ2n) is 9.92. The number of alkyl halides is 2. The van der Waals surface area contributed by atoms with E-state index < -0.39 is 10.2 Å². The number of hydrogen-bond donors (Lipinski definition) is 2. The van der Waals surface area contributed by atoms with Gasteiger partial charge in [0.25, 0.3) is 0 Å². The topological polar surface area (TPSA) is 63.4 Å². The van der Waals surface area contributed by atoms with Gasteiger partial charge in [-0.1, -0.05) is 77.3 Å². The zero-order chi connectivity index (χ0) is 25.2. The second-order valence-corrected chi connectivity index (χ2v) is 11.6. The van der Waals surface area contributed by atoms with E-state index in [1.54, 1.807) is 0 Å². The van der Waals surface area contributed by atoms with Gasteiger partial charge in [-0.15, -0.1) is 0 Å². The standard InChI is InChI=1S/C26H34Cl3N7/c27-23-8-4-7-22(17-23)19-34-11-15-36(16-12-34)26(29)20-25(28,31-24(30)32-26)35-13-9-33(10-14-35)18-21-5-2-1-3-6-21/h1-8,17H,9-16,18-20H2,(H3,30,31,32). The van der Waals surface area contributed by atoms with Crippen LogP contribution in [0, 0.1) is 0 Å². The number of benzene rings is 2. The summed E-state index contributed by atoms with van der Waals surface area (Å²) in [6.45, 7) is 8.68. The van der Waals surface area contributed by atoms with E-state index in [0.29, 0.717) is 12.4 Å². The van der Waals surface area contributed by atoms with E-state index in [2.05, 4.69) is 66.3 Å². The van der Waals surface area contributed by atoms with E-state index in [4.69, 9.17) is 40.5 Å². The van der Waals surface area contributed by atoms with Gasteiger partial charge in [0.1, 0.15) is 0 Å². The lowest BCUT2D eigenvalue weighted by Gasteiger charge is -2.51. The molecule has 10 heteroatoms. The first-order valence-corrected chi connectivity index (χ1v) is 13.7. The molecule has 2 aromatic carbocycles. The maximum Gasteiger partial charge on any atom is 0.197 e. The van der Waals surface area contributed by atoms with Gasteiger partial charge in [-0.25, -0.2) is 4.99 Å². The Morgan fingerprint density at radius 1 is 0.778 bits per heavy atom. The molecule has 0 spiro atoms. The summed E-state index contributed by atoms with van der Waals surface area (Å²) in [4.78, 5) is 14.0. The highest BCUT2D eigenvalue weighted by Gasteiger charge is 2.50. The molecular formula is C26H34Cl3N7. The van der Waals surface area contributed by atoms with Gasteiger partial charge < -0.3 is 11.1 Å². The van der Waals surface area contributed by atoms with E-state index in [9.17, 15) is 0 Å². The fourth-order valence-electron chi connectivity index (χ4n) is 5.41. The number of aliphatic imine (C=N–C) groups is 1. The lowest BCUT2D eigenvalue weighted by atomic mass is 10.1. The van der Waals surface area contributed by atoms with Gasteiger partial charge in [0.2, 0.25) is 0 Å². The largest absolute Gasteiger partial charge is 0.370 e. The van der Waals surface area contributed by atoms with Crippen LogP contribution in [0.1, 0.15) is 17.5 Å². The molecule has 0 aromatic heterocycles. The third-order valence-corrected chi connectivity index (χ3v) is 8.50. The van der Waals surface area contributed by atoms with Crippen LogP contribution in [0.3, 0.4) is 0 Å².